The molecule has 8 nitrogen and oxygen atoms in total. The minimum absolute atomic E-state index is 0.251. The SMILES string of the molecule is Cc1cc(Oc2ccnc3cc(OCCC4CCN(C(=O)OC(C)(C)C)CC4)c(C#N)cc23)ccc1N. The number of piperidine rings is 1. The topological polar surface area (TPSA) is 111 Å². The fraction of sp³-hybridized carbons (Fsp3) is 0.414. The van der Waals surface area contributed by atoms with Gasteiger partial charge in [-0.05, 0) is 88.8 Å². The van der Waals surface area contributed by atoms with Crippen LogP contribution < -0.4 is 15.2 Å². The Morgan fingerprint density at radius 1 is 1.16 bits per heavy atom. The number of nitrogens with zero attached hydrogens (tertiary/aromatic N) is 3. The summed E-state index contributed by atoms with van der Waals surface area (Å²) in [6.45, 7) is 9.40. The predicted octanol–water partition coefficient (Wildman–Crippen LogP) is 6.21. The van der Waals surface area contributed by atoms with Crippen molar-refractivity contribution in [1.82, 2.24) is 9.88 Å². The first-order chi connectivity index (χ1) is 17.6. The number of ether oxygens (including phenoxy) is 3. The Morgan fingerprint density at radius 2 is 1.92 bits per heavy atom. The van der Waals surface area contributed by atoms with Crippen molar-refractivity contribution >= 4 is 22.7 Å². The summed E-state index contributed by atoms with van der Waals surface area (Å²) in [5.74, 6) is 2.23. The molecule has 0 unspecified atom stereocenters. The fourth-order valence-electron chi connectivity index (χ4n) is 4.35. The summed E-state index contributed by atoms with van der Waals surface area (Å²) in [7, 11) is 0. The van der Waals surface area contributed by atoms with E-state index in [4.69, 9.17) is 19.9 Å². The molecule has 1 saturated heterocycles. The minimum Gasteiger partial charge on any atom is -0.492 e. The maximum Gasteiger partial charge on any atom is 0.410 e. The molecule has 0 bridgehead atoms. The van der Waals surface area contributed by atoms with E-state index >= 15 is 0 Å². The number of rotatable bonds is 6. The van der Waals surface area contributed by atoms with Gasteiger partial charge < -0.3 is 24.8 Å². The van der Waals surface area contributed by atoms with Crippen LogP contribution in [0, 0.1) is 24.2 Å². The standard InChI is InChI=1S/C29H34N4O4/c1-19-15-22(5-6-24(19)31)36-26-7-11-32-25-17-27(21(18-30)16-23(25)26)35-14-10-20-8-12-33(13-9-20)28(34)37-29(2,3)4/h5-7,11,15-17,20H,8-10,12-14,31H2,1-4H3. The van der Waals surface area contributed by atoms with E-state index in [-0.39, 0.29) is 6.09 Å². The van der Waals surface area contributed by atoms with E-state index in [1.807, 2.05) is 45.9 Å². The van der Waals surface area contributed by atoms with Gasteiger partial charge in [-0.2, -0.15) is 5.26 Å². The van der Waals surface area contributed by atoms with Gasteiger partial charge in [-0.15, -0.1) is 0 Å². The van der Waals surface area contributed by atoms with Crippen LogP contribution in [0.1, 0.15) is 51.2 Å². The summed E-state index contributed by atoms with van der Waals surface area (Å²) in [6.07, 6.45) is 4.07. The van der Waals surface area contributed by atoms with E-state index in [0.29, 0.717) is 59.6 Å². The van der Waals surface area contributed by atoms with E-state index in [0.717, 1.165) is 30.2 Å². The number of amides is 1. The molecule has 3 aromatic rings. The zero-order chi connectivity index (χ0) is 26.6. The minimum atomic E-state index is -0.489. The maximum absolute atomic E-state index is 12.3. The molecule has 1 aromatic heterocycles. The highest BCUT2D eigenvalue weighted by atomic mass is 16.6. The summed E-state index contributed by atoms with van der Waals surface area (Å²) in [5.41, 5.74) is 8.17. The van der Waals surface area contributed by atoms with Gasteiger partial charge in [-0.25, -0.2) is 4.79 Å². The van der Waals surface area contributed by atoms with Crippen LogP contribution in [0.3, 0.4) is 0 Å². The third kappa shape index (κ3) is 6.62. The summed E-state index contributed by atoms with van der Waals surface area (Å²) in [4.78, 5) is 18.5. The average molecular weight is 503 g/mol. The number of nitrogens with two attached hydrogens (primary N) is 1. The van der Waals surface area contributed by atoms with E-state index in [2.05, 4.69) is 11.1 Å². The van der Waals surface area contributed by atoms with Crippen molar-refractivity contribution in [1.29, 1.82) is 5.26 Å². The number of aromatic nitrogens is 1. The molecule has 1 fully saturated rings. The average Bonchev–Trinajstić information content (AvgIpc) is 2.85. The number of carbonyl (C=O) groups is 1. The van der Waals surface area contributed by atoms with Crippen molar-refractivity contribution in [3.8, 4) is 23.3 Å². The normalized spacial score (nSPS) is 14.3. The second kappa shape index (κ2) is 11.0. The van der Waals surface area contributed by atoms with Crippen LogP contribution in [-0.2, 0) is 4.74 Å². The summed E-state index contributed by atoms with van der Waals surface area (Å²) in [6, 6.07) is 13.1. The molecule has 2 N–H and O–H groups in total. The lowest BCUT2D eigenvalue weighted by Crippen LogP contribution is -2.41. The number of fused-ring (bicyclic) bond motifs is 1. The molecule has 1 amide bonds. The Balaban J connectivity index is 1.38. The predicted molar refractivity (Wildman–Crippen MR) is 143 cm³/mol. The van der Waals surface area contributed by atoms with Crippen LogP contribution in [0.5, 0.6) is 17.2 Å². The van der Waals surface area contributed by atoms with Crippen LogP contribution in [-0.4, -0.2) is 41.3 Å². The molecule has 1 aliphatic heterocycles. The Labute approximate surface area is 217 Å². The Bertz CT molecular complexity index is 1320. The highest BCUT2D eigenvalue weighted by molar-refractivity contribution is 5.88. The van der Waals surface area contributed by atoms with E-state index < -0.39 is 5.60 Å². The molecule has 0 radical (unpaired) electrons. The Morgan fingerprint density at radius 3 is 2.59 bits per heavy atom. The molecule has 0 aliphatic carbocycles. The lowest BCUT2D eigenvalue weighted by Gasteiger charge is -2.33. The molecule has 2 heterocycles. The van der Waals surface area contributed by atoms with Crippen LogP contribution >= 0.6 is 0 Å². The van der Waals surface area contributed by atoms with Gasteiger partial charge in [0.15, 0.2) is 0 Å². The zero-order valence-corrected chi connectivity index (χ0v) is 21.9. The molecule has 8 heteroatoms. The quantitative estimate of drug-likeness (QED) is 0.399. The summed E-state index contributed by atoms with van der Waals surface area (Å²) < 4.78 is 17.6. The number of hydrogen-bond donors (Lipinski definition) is 1. The number of carbonyl (C=O) groups excluding carboxylic acids is 1. The molecule has 0 saturated carbocycles. The highest BCUT2D eigenvalue weighted by Crippen LogP contribution is 2.34. The summed E-state index contributed by atoms with van der Waals surface area (Å²) >= 11 is 0. The van der Waals surface area contributed by atoms with Crippen molar-refractivity contribution in [3.05, 3.63) is 53.7 Å². The smallest absolute Gasteiger partial charge is 0.410 e. The van der Waals surface area contributed by atoms with Gasteiger partial charge >= 0.3 is 6.09 Å². The first-order valence-electron chi connectivity index (χ1n) is 12.6. The third-order valence-electron chi connectivity index (χ3n) is 6.44. The second-order valence-electron chi connectivity index (χ2n) is 10.5. The molecule has 2 aromatic carbocycles. The number of nitriles is 1. The van der Waals surface area contributed by atoms with Crippen LogP contribution in [0.4, 0.5) is 10.5 Å². The molecule has 1 aliphatic rings. The molecule has 37 heavy (non-hydrogen) atoms. The maximum atomic E-state index is 12.3. The number of anilines is 1. The van der Waals surface area contributed by atoms with Crippen LogP contribution in [0.25, 0.3) is 10.9 Å². The van der Waals surface area contributed by atoms with E-state index in [1.54, 1.807) is 29.3 Å². The van der Waals surface area contributed by atoms with Gasteiger partial charge in [0.25, 0.3) is 0 Å². The molecule has 0 spiro atoms. The molecule has 194 valence electrons. The van der Waals surface area contributed by atoms with Crippen molar-refractivity contribution < 1.29 is 19.0 Å². The summed E-state index contributed by atoms with van der Waals surface area (Å²) in [5, 5.41) is 10.5. The second-order valence-corrected chi connectivity index (χ2v) is 10.5. The number of pyridine rings is 1. The lowest BCUT2D eigenvalue weighted by molar-refractivity contribution is 0.0177. The number of benzene rings is 2. The number of nitrogen functional groups attached to an aromatic ring is 1. The number of hydrogen-bond acceptors (Lipinski definition) is 7. The Kier molecular flexibility index (Phi) is 7.72. The van der Waals surface area contributed by atoms with E-state index in [1.165, 1.54) is 0 Å². The van der Waals surface area contributed by atoms with E-state index in [9.17, 15) is 10.1 Å². The van der Waals surface area contributed by atoms with Crippen LogP contribution in [0.15, 0.2) is 42.6 Å². The largest absolute Gasteiger partial charge is 0.492 e. The molecular weight excluding hydrogens is 468 g/mol. The third-order valence-corrected chi connectivity index (χ3v) is 6.44. The number of aryl methyl sites for hydroxylation is 1. The van der Waals surface area contributed by atoms with Crippen molar-refractivity contribution in [2.45, 2.75) is 52.6 Å². The number of likely N-dealkylation sites (tertiary alicyclic amines) is 1. The first kappa shape index (κ1) is 26.1. The molecular formula is C29H34N4O4. The fourth-order valence-corrected chi connectivity index (χ4v) is 4.35. The van der Waals surface area contributed by atoms with Gasteiger partial charge in [0.2, 0.25) is 0 Å². The van der Waals surface area contributed by atoms with Crippen molar-refractivity contribution in [3.63, 3.8) is 0 Å². The lowest BCUT2D eigenvalue weighted by atomic mass is 9.94. The molecule has 0 atom stereocenters. The van der Waals surface area contributed by atoms with Gasteiger partial charge in [-0.3, -0.25) is 4.98 Å². The first-order valence-corrected chi connectivity index (χ1v) is 12.6. The van der Waals surface area contributed by atoms with Crippen molar-refractivity contribution in [2.24, 2.45) is 5.92 Å². The van der Waals surface area contributed by atoms with Crippen LogP contribution in [0.2, 0.25) is 0 Å². The van der Waals surface area contributed by atoms with Gasteiger partial charge in [-0.1, -0.05) is 0 Å². The van der Waals surface area contributed by atoms with Gasteiger partial charge in [0, 0.05) is 36.4 Å². The zero-order valence-electron chi connectivity index (χ0n) is 21.9. The molecule has 4 rings (SSSR count). The Hall–Kier alpha value is -3.99. The van der Waals surface area contributed by atoms with Crippen molar-refractivity contribution in [2.75, 3.05) is 25.4 Å². The van der Waals surface area contributed by atoms with Gasteiger partial charge in [0.05, 0.1) is 17.7 Å². The van der Waals surface area contributed by atoms with Gasteiger partial charge in [0.1, 0.15) is 28.9 Å². The monoisotopic (exact) mass is 502 g/mol. The highest BCUT2D eigenvalue weighted by Gasteiger charge is 2.26.